The van der Waals surface area contributed by atoms with Gasteiger partial charge in [-0.25, -0.2) is 0 Å². The highest BCUT2D eigenvalue weighted by molar-refractivity contribution is 5.83. The zero-order chi connectivity index (χ0) is 10.7. The number of benzene rings is 1. The topological polar surface area (TPSA) is 27.1 Å². The molecule has 1 aliphatic rings. The average molecular weight is 202 g/mol. The molecule has 1 aromatic carbocycles. The number of amidine groups is 1. The number of likely N-dealkylation sites (N-methyl/N-ethyl adjacent to an activating group) is 1. The first kappa shape index (κ1) is 10.2. The Bertz CT molecular complexity index is 328. The fraction of sp³-hybridized carbons (Fsp3) is 0.462. The van der Waals surface area contributed by atoms with Crippen LogP contribution in [0.2, 0.25) is 0 Å². The molecule has 1 aliphatic carbocycles. The third-order valence-corrected chi connectivity index (χ3v) is 2.95. The summed E-state index contributed by atoms with van der Waals surface area (Å²) < 4.78 is 0. The van der Waals surface area contributed by atoms with E-state index in [1.807, 2.05) is 13.1 Å². The van der Waals surface area contributed by atoms with E-state index in [1.165, 1.54) is 18.4 Å². The van der Waals surface area contributed by atoms with Gasteiger partial charge < -0.3 is 4.90 Å². The van der Waals surface area contributed by atoms with Crippen molar-refractivity contribution in [1.29, 1.82) is 5.41 Å². The van der Waals surface area contributed by atoms with Crippen LogP contribution >= 0.6 is 0 Å². The molecule has 0 heterocycles. The van der Waals surface area contributed by atoms with Gasteiger partial charge in [0.1, 0.15) is 0 Å². The van der Waals surface area contributed by atoms with Crippen molar-refractivity contribution in [3.8, 4) is 0 Å². The summed E-state index contributed by atoms with van der Waals surface area (Å²) in [5.41, 5.74) is 1.35. The number of nitrogens with zero attached hydrogens (tertiary/aromatic N) is 1. The maximum Gasteiger partial charge on any atom is 0.0986 e. The highest BCUT2D eigenvalue weighted by Crippen LogP contribution is 2.30. The Morgan fingerprint density at radius 3 is 2.60 bits per heavy atom. The quantitative estimate of drug-likeness (QED) is 0.589. The van der Waals surface area contributed by atoms with Gasteiger partial charge in [-0.3, -0.25) is 5.41 Å². The molecule has 0 spiro atoms. The van der Waals surface area contributed by atoms with E-state index in [0.717, 1.165) is 18.8 Å². The molecule has 0 unspecified atom stereocenters. The molecule has 2 heteroatoms. The van der Waals surface area contributed by atoms with Gasteiger partial charge in [-0.05, 0) is 24.8 Å². The van der Waals surface area contributed by atoms with Crippen LogP contribution in [-0.2, 0) is 6.42 Å². The maximum atomic E-state index is 7.90. The first-order valence-corrected chi connectivity index (χ1v) is 5.61. The molecule has 1 aromatic rings. The standard InChI is InChI=1S/C13H18N2/c1-15(13(14)12-7-8-12)10-9-11-5-3-2-4-6-11/h2-6,12,14H,7-10H2,1H3. The monoisotopic (exact) mass is 202 g/mol. The highest BCUT2D eigenvalue weighted by atomic mass is 15.1. The van der Waals surface area contributed by atoms with Gasteiger partial charge in [0.15, 0.2) is 0 Å². The third kappa shape index (κ3) is 2.82. The molecule has 0 aromatic heterocycles. The van der Waals surface area contributed by atoms with E-state index in [0.29, 0.717) is 5.92 Å². The smallest absolute Gasteiger partial charge is 0.0986 e. The van der Waals surface area contributed by atoms with E-state index in [2.05, 4.69) is 29.2 Å². The van der Waals surface area contributed by atoms with Gasteiger partial charge in [0.05, 0.1) is 5.84 Å². The van der Waals surface area contributed by atoms with Crippen LogP contribution in [0.15, 0.2) is 30.3 Å². The van der Waals surface area contributed by atoms with Crippen LogP contribution in [0.5, 0.6) is 0 Å². The minimum absolute atomic E-state index is 0.561. The minimum Gasteiger partial charge on any atom is -0.363 e. The van der Waals surface area contributed by atoms with Crippen LogP contribution in [0, 0.1) is 11.3 Å². The van der Waals surface area contributed by atoms with Gasteiger partial charge in [-0.15, -0.1) is 0 Å². The summed E-state index contributed by atoms with van der Waals surface area (Å²) in [4.78, 5) is 2.09. The molecule has 0 amide bonds. The molecule has 0 radical (unpaired) electrons. The lowest BCUT2D eigenvalue weighted by Gasteiger charge is -2.19. The van der Waals surface area contributed by atoms with E-state index >= 15 is 0 Å². The van der Waals surface area contributed by atoms with Crippen LogP contribution in [0.25, 0.3) is 0 Å². The van der Waals surface area contributed by atoms with E-state index in [1.54, 1.807) is 0 Å². The molecule has 15 heavy (non-hydrogen) atoms. The van der Waals surface area contributed by atoms with Gasteiger partial charge >= 0.3 is 0 Å². The largest absolute Gasteiger partial charge is 0.363 e. The Hall–Kier alpha value is -1.31. The first-order chi connectivity index (χ1) is 7.27. The second-order valence-electron chi connectivity index (χ2n) is 4.32. The normalized spacial score (nSPS) is 15.0. The van der Waals surface area contributed by atoms with Crippen LogP contribution < -0.4 is 0 Å². The number of rotatable bonds is 4. The van der Waals surface area contributed by atoms with Crippen molar-refractivity contribution in [2.45, 2.75) is 19.3 Å². The van der Waals surface area contributed by atoms with Crippen LogP contribution in [-0.4, -0.2) is 24.3 Å². The molecule has 0 bridgehead atoms. The summed E-state index contributed by atoms with van der Waals surface area (Å²) in [6, 6.07) is 10.5. The van der Waals surface area contributed by atoms with Crippen molar-refractivity contribution >= 4 is 5.84 Å². The van der Waals surface area contributed by atoms with Crippen LogP contribution in [0.1, 0.15) is 18.4 Å². The lowest BCUT2D eigenvalue weighted by atomic mass is 10.1. The van der Waals surface area contributed by atoms with Gasteiger partial charge in [-0.2, -0.15) is 0 Å². The molecule has 1 N–H and O–H groups in total. The van der Waals surface area contributed by atoms with Crippen LogP contribution in [0.3, 0.4) is 0 Å². The fourth-order valence-corrected chi connectivity index (χ4v) is 1.73. The molecule has 0 aliphatic heterocycles. The Morgan fingerprint density at radius 1 is 1.33 bits per heavy atom. The Balaban J connectivity index is 1.80. The van der Waals surface area contributed by atoms with Gasteiger partial charge in [-0.1, -0.05) is 30.3 Å². The van der Waals surface area contributed by atoms with Gasteiger partial charge in [0.2, 0.25) is 0 Å². The highest BCUT2D eigenvalue weighted by Gasteiger charge is 2.28. The molecule has 2 nitrogen and oxygen atoms in total. The predicted octanol–water partition coefficient (Wildman–Crippen LogP) is 2.55. The molecule has 1 saturated carbocycles. The van der Waals surface area contributed by atoms with Crippen molar-refractivity contribution in [1.82, 2.24) is 4.90 Å². The zero-order valence-electron chi connectivity index (χ0n) is 9.24. The Morgan fingerprint density at radius 2 is 2.00 bits per heavy atom. The van der Waals surface area contributed by atoms with Gasteiger partial charge in [0.25, 0.3) is 0 Å². The van der Waals surface area contributed by atoms with Crippen LogP contribution in [0.4, 0.5) is 0 Å². The number of hydrogen-bond donors (Lipinski definition) is 1. The molecule has 2 rings (SSSR count). The summed E-state index contributed by atoms with van der Waals surface area (Å²) in [6.45, 7) is 0.958. The van der Waals surface area contributed by atoms with E-state index in [9.17, 15) is 0 Å². The lowest BCUT2D eigenvalue weighted by Crippen LogP contribution is -2.29. The van der Waals surface area contributed by atoms with Crippen molar-refractivity contribution < 1.29 is 0 Å². The van der Waals surface area contributed by atoms with Crippen molar-refractivity contribution in [2.24, 2.45) is 5.92 Å². The van der Waals surface area contributed by atoms with E-state index in [4.69, 9.17) is 5.41 Å². The summed E-state index contributed by atoms with van der Waals surface area (Å²) in [7, 11) is 2.03. The van der Waals surface area contributed by atoms with Crippen molar-refractivity contribution in [2.75, 3.05) is 13.6 Å². The van der Waals surface area contributed by atoms with Gasteiger partial charge in [0, 0.05) is 19.5 Å². The number of nitrogens with one attached hydrogen (secondary N) is 1. The predicted molar refractivity (Wildman–Crippen MR) is 63.2 cm³/mol. The SMILES string of the molecule is CN(CCc1ccccc1)C(=N)C1CC1. The third-order valence-electron chi connectivity index (χ3n) is 2.95. The Labute approximate surface area is 91.4 Å². The average Bonchev–Trinajstić information content (AvgIpc) is 3.10. The van der Waals surface area contributed by atoms with Crippen molar-refractivity contribution in [3.63, 3.8) is 0 Å². The Kier molecular flexibility index (Phi) is 3.05. The lowest BCUT2D eigenvalue weighted by molar-refractivity contribution is 0.489. The number of hydrogen-bond acceptors (Lipinski definition) is 1. The fourth-order valence-electron chi connectivity index (χ4n) is 1.73. The van der Waals surface area contributed by atoms with E-state index < -0.39 is 0 Å². The molecule has 1 fully saturated rings. The molecular weight excluding hydrogens is 184 g/mol. The summed E-state index contributed by atoms with van der Waals surface area (Å²) in [5.74, 6) is 1.39. The molecule has 80 valence electrons. The molecular formula is C13H18N2. The summed E-state index contributed by atoms with van der Waals surface area (Å²) in [5, 5.41) is 7.90. The minimum atomic E-state index is 0.561. The second kappa shape index (κ2) is 4.47. The first-order valence-electron chi connectivity index (χ1n) is 5.61. The maximum absolute atomic E-state index is 7.90. The molecule has 0 atom stereocenters. The van der Waals surface area contributed by atoms with Crippen molar-refractivity contribution in [3.05, 3.63) is 35.9 Å². The zero-order valence-corrected chi connectivity index (χ0v) is 9.24. The summed E-state index contributed by atoms with van der Waals surface area (Å²) in [6.07, 6.45) is 3.47. The summed E-state index contributed by atoms with van der Waals surface area (Å²) >= 11 is 0. The second-order valence-corrected chi connectivity index (χ2v) is 4.32. The molecule has 0 saturated heterocycles. The van der Waals surface area contributed by atoms with E-state index in [-0.39, 0.29) is 0 Å².